The summed E-state index contributed by atoms with van der Waals surface area (Å²) >= 11 is 0. The second kappa shape index (κ2) is 5.92. The van der Waals surface area contributed by atoms with E-state index in [4.69, 9.17) is 4.74 Å². The summed E-state index contributed by atoms with van der Waals surface area (Å²) in [6.07, 6.45) is 7.71. The Bertz CT molecular complexity index is 298. The molecule has 0 saturated carbocycles. The molecule has 0 spiro atoms. The smallest absolute Gasteiger partial charge is 0.0982 e. The summed E-state index contributed by atoms with van der Waals surface area (Å²) in [4.78, 5) is 8.28. The van der Waals surface area contributed by atoms with Gasteiger partial charge in [0.25, 0.3) is 0 Å². The molecular formula is C12H19N3O. The summed E-state index contributed by atoms with van der Waals surface area (Å²) in [6, 6.07) is 0. The minimum atomic E-state index is 0.0376. The van der Waals surface area contributed by atoms with Gasteiger partial charge in [-0.05, 0) is 32.2 Å². The van der Waals surface area contributed by atoms with Crippen LogP contribution in [0.4, 0.5) is 0 Å². The van der Waals surface area contributed by atoms with Crippen molar-refractivity contribution in [1.82, 2.24) is 15.3 Å². The maximum absolute atomic E-state index is 5.82. The molecule has 4 nitrogen and oxygen atoms in total. The minimum Gasteiger partial charge on any atom is -0.372 e. The Morgan fingerprint density at radius 2 is 2.50 bits per heavy atom. The molecular weight excluding hydrogens is 202 g/mol. The van der Waals surface area contributed by atoms with Gasteiger partial charge in [0, 0.05) is 18.9 Å². The minimum absolute atomic E-state index is 0.0376. The molecule has 1 aliphatic rings. The molecule has 0 amide bonds. The van der Waals surface area contributed by atoms with Crippen LogP contribution >= 0.6 is 0 Å². The van der Waals surface area contributed by atoms with Gasteiger partial charge in [-0.25, -0.2) is 0 Å². The molecule has 16 heavy (non-hydrogen) atoms. The first-order valence-electron chi connectivity index (χ1n) is 5.94. The average Bonchev–Trinajstić information content (AvgIpc) is 2.38. The molecule has 0 bridgehead atoms. The molecule has 1 aromatic heterocycles. The summed E-state index contributed by atoms with van der Waals surface area (Å²) in [5.74, 6) is 0.646. The summed E-state index contributed by atoms with van der Waals surface area (Å²) in [6.45, 7) is 5.06. The zero-order chi connectivity index (χ0) is 11.2. The fraction of sp³-hybridized carbons (Fsp3) is 0.667. The van der Waals surface area contributed by atoms with Crippen molar-refractivity contribution >= 4 is 0 Å². The van der Waals surface area contributed by atoms with Crippen LogP contribution in [0.1, 0.15) is 31.6 Å². The summed E-state index contributed by atoms with van der Waals surface area (Å²) in [5, 5.41) is 3.39. The molecule has 1 aliphatic heterocycles. The highest BCUT2D eigenvalue weighted by Crippen LogP contribution is 2.17. The Kier molecular flexibility index (Phi) is 4.25. The molecule has 4 heteroatoms. The highest BCUT2D eigenvalue weighted by molar-refractivity contribution is 4.97. The third-order valence-corrected chi connectivity index (χ3v) is 2.98. The van der Waals surface area contributed by atoms with E-state index in [1.54, 1.807) is 18.6 Å². The predicted octanol–water partition coefficient (Wildman–Crippen LogP) is 1.55. The lowest BCUT2D eigenvalue weighted by molar-refractivity contribution is 0.0310. The first kappa shape index (κ1) is 11.5. The third-order valence-electron chi connectivity index (χ3n) is 2.98. The highest BCUT2D eigenvalue weighted by Gasteiger charge is 2.15. The molecule has 2 rings (SSSR count). The van der Waals surface area contributed by atoms with E-state index in [-0.39, 0.29) is 6.10 Å². The summed E-state index contributed by atoms with van der Waals surface area (Å²) in [7, 11) is 0. The van der Waals surface area contributed by atoms with E-state index in [1.165, 1.54) is 12.8 Å². The first-order chi connectivity index (χ1) is 7.86. The maximum Gasteiger partial charge on any atom is 0.0982 e. The lowest BCUT2D eigenvalue weighted by atomic mass is 10.0. The molecule has 0 radical (unpaired) electrons. The Hall–Kier alpha value is -1.00. The quantitative estimate of drug-likeness (QED) is 0.838. The van der Waals surface area contributed by atoms with Crippen LogP contribution in [-0.4, -0.2) is 29.7 Å². The van der Waals surface area contributed by atoms with Crippen LogP contribution < -0.4 is 5.32 Å². The topological polar surface area (TPSA) is 47.0 Å². The number of hydrogen-bond acceptors (Lipinski definition) is 4. The second-order valence-corrected chi connectivity index (χ2v) is 4.32. The highest BCUT2D eigenvalue weighted by atomic mass is 16.5. The van der Waals surface area contributed by atoms with Gasteiger partial charge in [-0.2, -0.15) is 0 Å². The monoisotopic (exact) mass is 221 g/mol. The van der Waals surface area contributed by atoms with Crippen molar-refractivity contribution in [2.75, 3.05) is 19.7 Å². The molecule has 1 N–H and O–H groups in total. The Morgan fingerprint density at radius 1 is 1.56 bits per heavy atom. The number of aromatic nitrogens is 2. The van der Waals surface area contributed by atoms with Crippen LogP contribution in [0.3, 0.4) is 0 Å². The summed E-state index contributed by atoms with van der Waals surface area (Å²) in [5.41, 5.74) is 0.909. The van der Waals surface area contributed by atoms with E-state index in [9.17, 15) is 0 Å². The zero-order valence-electron chi connectivity index (χ0n) is 9.72. The van der Waals surface area contributed by atoms with Gasteiger partial charge >= 0.3 is 0 Å². The number of nitrogens with zero attached hydrogens (tertiary/aromatic N) is 2. The Morgan fingerprint density at radius 3 is 3.19 bits per heavy atom. The standard InChI is InChI=1S/C12H19N3O/c1-10(12-8-14-5-6-15-12)16-9-11-3-2-4-13-7-11/h5-6,8,10-11,13H,2-4,7,9H2,1H3/t10-,11-/m1/s1. The van der Waals surface area contributed by atoms with Crippen molar-refractivity contribution in [3.05, 3.63) is 24.3 Å². The molecule has 0 aliphatic carbocycles. The molecule has 88 valence electrons. The molecule has 0 unspecified atom stereocenters. The van der Waals surface area contributed by atoms with Crippen LogP contribution in [-0.2, 0) is 4.74 Å². The van der Waals surface area contributed by atoms with Crippen LogP contribution in [0.5, 0.6) is 0 Å². The molecule has 0 aromatic carbocycles. The van der Waals surface area contributed by atoms with Crippen molar-refractivity contribution in [2.45, 2.75) is 25.9 Å². The molecule has 2 atom stereocenters. The van der Waals surface area contributed by atoms with Gasteiger partial charge in [0.05, 0.1) is 24.6 Å². The third kappa shape index (κ3) is 3.25. The molecule has 1 saturated heterocycles. The van der Waals surface area contributed by atoms with Gasteiger partial charge in [-0.3, -0.25) is 9.97 Å². The maximum atomic E-state index is 5.82. The van der Waals surface area contributed by atoms with Crippen molar-refractivity contribution in [3.63, 3.8) is 0 Å². The SMILES string of the molecule is C[C@@H](OC[C@@H]1CCCNC1)c1cnccn1. The summed E-state index contributed by atoms with van der Waals surface area (Å²) < 4.78 is 5.82. The van der Waals surface area contributed by atoms with E-state index in [0.717, 1.165) is 25.4 Å². The van der Waals surface area contributed by atoms with E-state index in [0.29, 0.717) is 5.92 Å². The second-order valence-electron chi connectivity index (χ2n) is 4.32. The number of hydrogen-bond donors (Lipinski definition) is 1. The predicted molar refractivity (Wildman–Crippen MR) is 62.0 cm³/mol. The van der Waals surface area contributed by atoms with Crippen molar-refractivity contribution in [1.29, 1.82) is 0 Å². The van der Waals surface area contributed by atoms with E-state index in [1.807, 2.05) is 6.92 Å². The van der Waals surface area contributed by atoms with Crippen LogP contribution in [0.15, 0.2) is 18.6 Å². The van der Waals surface area contributed by atoms with Gasteiger partial charge in [-0.1, -0.05) is 0 Å². The molecule has 2 heterocycles. The van der Waals surface area contributed by atoms with E-state index < -0.39 is 0 Å². The van der Waals surface area contributed by atoms with E-state index in [2.05, 4.69) is 15.3 Å². The first-order valence-corrected chi connectivity index (χ1v) is 5.94. The normalized spacial score (nSPS) is 22.9. The van der Waals surface area contributed by atoms with Crippen LogP contribution in [0, 0.1) is 5.92 Å². The Labute approximate surface area is 96.4 Å². The van der Waals surface area contributed by atoms with E-state index >= 15 is 0 Å². The van der Waals surface area contributed by atoms with Crippen molar-refractivity contribution < 1.29 is 4.74 Å². The van der Waals surface area contributed by atoms with Crippen molar-refractivity contribution in [3.8, 4) is 0 Å². The lowest BCUT2D eigenvalue weighted by Crippen LogP contribution is -2.32. The molecule has 1 fully saturated rings. The zero-order valence-corrected chi connectivity index (χ0v) is 9.72. The number of ether oxygens (including phenoxy) is 1. The lowest BCUT2D eigenvalue weighted by Gasteiger charge is -2.24. The fourth-order valence-electron chi connectivity index (χ4n) is 1.95. The van der Waals surface area contributed by atoms with Gasteiger partial charge in [0.2, 0.25) is 0 Å². The number of nitrogens with one attached hydrogen (secondary N) is 1. The largest absolute Gasteiger partial charge is 0.372 e. The average molecular weight is 221 g/mol. The van der Waals surface area contributed by atoms with Gasteiger partial charge < -0.3 is 10.1 Å². The van der Waals surface area contributed by atoms with Gasteiger partial charge in [0.15, 0.2) is 0 Å². The van der Waals surface area contributed by atoms with Crippen LogP contribution in [0.25, 0.3) is 0 Å². The van der Waals surface area contributed by atoms with Crippen LogP contribution in [0.2, 0.25) is 0 Å². The van der Waals surface area contributed by atoms with Gasteiger partial charge in [-0.15, -0.1) is 0 Å². The Balaban J connectivity index is 1.77. The van der Waals surface area contributed by atoms with Crippen molar-refractivity contribution in [2.24, 2.45) is 5.92 Å². The number of rotatable bonds is 4. The number of piperidine rings is 1. The van der Waals surface area contributed by atoms with Gasteiger partial charge in [0.1, 0.15) is 0 Å². The fourth-order valence-corrected chi connectivity index (χ4v) is 1.95. The molecule has 1 aromatic rings.